The summed E-state index contributed by atoms with van der Waals surface area (Å²) < 4.78 is 9.27. The molecule has 0 saturated carbocycles. The molecule has 38 heavy (non-hydrogen) atoms. The fourth-order valence-electron chi connectivity index (χ4n) is 5.13. The van der Waals surface area contributed by atoms with Crippen LogP contribution in [0.15, 0.2) is 42.9 Å². The highest BCUT2D eigenvalue weighted by Gasteiger charge is 2.22. The molecule has 11 heteroatoms. The van der Waals surface area contributed by atoms with Crippen molar-refractivity contribution in [2.75, 3.05) is 54.5 Å². The van der Waals surface area contributed by atoms with E-state index < -0.39 is 0 Å². The number of nitrogens with one attached hydrogen (secondary N) is 1. The number of ether oxygens (including phenoxy) is 1. The van der Waals surface area contributed by atoms with Crippen molar-refractivity contribution in [2.24, 2.45) is 5.73 Å². The van der Waals surface area contributed by atoms with E-state index in [1.54, 1.807) is 0 Å². The summed E-state index contributed by atoms with van der Waals surface area (Å²) in [5.74, 6) is 1.71. The minimum atomic E-state index is 0.247. The van der Waals surface area contributed by atoms with E-state index in [1.165, 1.54) is 0 Å². The molecule has 1 aromatic carbocycles. The molecule has 0 atom stereocenters. The Morgan fingerprint density at radius 2 is 1.79 bits per heavy atom. The number of rotatable bonds is 7. The van der Waals surface area contributed by atoms with Crippen LogP contribution < -0.4 is 20.9 Å². The maximum Gasteiger partial charge on any atom is 0.230 e. The van der Waals surface area contributed by atoms with Crippen LogP contribution >= 0.6 is 0 Å². The summed E-state index contributed by atoms with van der Waals surface area (Å²) in [4.78, 5) is 14.4. The molecule has 4 aromatic rings. The summed E-state index contributed by atoms with van der Waals surface area (Å²) in [6, 6.07) is 8.55. The standard InChI is InChI=1S/C27H36N10O/c1-19(2)23-17-31-37-25(23)32-27(35-9-7-21(28)8-10-35)33-26(37)29-15-20-5-3-4-6-24(20)36-18-22(16-30-36)34-11-13-38-14-12-34/h3-6,16-19,21H,7-15,28H2,1-2H3,(H,29,32,33). The summed E-state index contributed by atoms with van der Waals surface area (Å²) in [6.45, 7) is 9.86. The Hall–Kier alpha value is -3.70. The van der Waals surface area contributed by atoms with Crippen molar-refractivity contribution in [1.29, 1.82) is 0 Å². The second kappa shape index (κ2) is 10.6. The number of anilines is 3. The highest BCUT2D eigenvalue weighted by Crippen LogP contribution is 2.26. The predicted octanol–water partition coefficient (Wildman–Crippen LogP) is 2.81. The van der Waals surface area contributed by atoms with Crippen LogP contribution in [0.2, 0.25) is 0 Å². The van der Waals surface area contributed by atoms with Gasteiger partial charge in [-0.1, -0.05) is 32.0 Å². The first-order valence-corrected chi connectivity index (χ1v) is 13.5. The van der Waals surface area contributed by atoms with Crippen molar-refractivity contribution >= 4 is 23.2 Å². The van der Waals surface area contributed by atoms with Crippen LogP contribution in [0.3, 0.4) is 0 Å². The van der Waals surface area contributed by atoms with Crippen LogP contribution in [0.25, 0.3) is 11.3 Å². The molecule has 2 aliphatic heterocycles. The summed E-state index contributed by atoms with van der Waals surface area (Å²) in [6.07, 6.45) is 7.81. The monoisotopic (exact) mass is 516 g/mol. The number of para-hydroxylation sites is 1. The smallest absolute Gasteiger partial charge is 0.230 e. The molecule has 2 saturated heterocycles. The molecule has 200 valence electrons. The van der Waals surface area contributed by atoms with E-state index in [2.05, 4.69) is 63.6 Å². The van der Waals surface area contributed by atoms with Gasteiger partial charge in [-0.2, -0.15) is 24.7 Å². The van der Waals surface area contributed by atoms with Crippen LogP contribution in [0, 0.1) is 0 Å². The third kappa shape index (κ3) is 4.91. The number of morpholine rings is 1. The van der Waals surface area contributed by atoms with Gasteiger partial charge in [0.1, 0.15) is 0 Å². The molecule has 0 aliphatic carbocycles. The Labute approximate surface area is 222 Å². The first-order chi connectivity index (χ1) is 18.6. The van der Waals surface area contributed by atoms with Crippen LogP contribution in [0.4, 0.5) is 17.6 Å². The Kier molecular flexibility index (Phi) is 6.86. The zero-order valence-electron chi connectivity index (χ0n) is 22.1. The van der Waals surface area contributed by atoms with E-state index in [9.17, 15) is 0 Å². The molecule has 11 nitrogen and oxygen atoms in total. The Bertz CT molecular complexity index is 1380. The number of piperidine rings is 1. The molecule has 0 unspecified atom stereocenters. The molecule has 0 spiro atoms. The van der Waals surface area contributed by atoms with Gasteiger partial charge in [0.05, 0.1) is 43.2 Å². The topological polar surface area (TPSA) is 115 Å². The van der Waals surface area contributed by atoms with Crippen molar-refractivity contribution in [3.05, 3.63) is 54.0 Å². The van der Waals surface area contributed by atoms with Gasteiger partial charge in [0, 0.05) is 44.3 Å². The van der Waals surface area contributed by atoms with E-state index in [0.29, 0.717) is 18.4 Å². The fourth-order valence-corrected chi connectivity index (χ4v) is 5.13. The van der Waals surface area contributed by atoms with Crippen LogP contribution in [-0.2, 0) is 11.3 Å². The number of nitrogens with two attached hydrogens (primary N) is 1. The number of hydrogen-bond acceptors (Lipinski definition) is 9. The van der Waals surface area contributed by atoms with Crippen LogP contribution in [0.1, 0.15) is 43.7 Å². The first-order valence-electron chi connectivity index (χ1n) is 13.5. The lowest BCUT2D eigenvalue weighted by Crippen LogP contribution is -2.40. The van der Waals surface area contributed by atoms with Crippen molar-refractivity contribution in [3.8, 4) is 5.69 Å². The molecule has 3 aromatic heterocycles. The summed E-state index contributed by atoms with van der Waals surface area (Å²) in [5, 5.41) is 12.9. The van der Waals surface area contributed by atoms with Gasteiger partial charge in [0.25, 0.3) is 0 Å². The third-order valence-electron chi connectivity index (χ3n) is 7.45. The molecule has 0 bridgehead atoms. The van der Waals surface area contributed by atoms with Gasteiger partial charge < -0.3 is 25.6 Å². The van der Waals surface area contributed by atoms with Gasteiger partial charge in [-0.3, -0.25) is 0 Å². The minimum Gasteiger partial charge on any atom is -0.378 e. The van der Waals surface area contributed by atoms with E-state index in [-0.39, 0.29) is 6.04 Å². The Balaban J connectivity index is 1.29. The largest absolute Gasteiger partial charge is 0.378 e. The van der Waals surface area contributed by atoms with E-state index in [4.69, 9.17) is 20.4 Å². The number of fused-ring (bicyclic) bond motifs is 1. The summed E-state index contributed by atoms with van der Waals surface area (Å²) >= 11 is 0. The Morgan fingerprint density at radius 3 is 2.58 bits per heavy atom. The summed E-state index contributed by atoms with van der Waals surface area (Å²) in [7, 11) is 0. The van der Waals surface area contributed by atoms with Gasteiger partial charge in [-0.05, 0) is 30.4 Å². The van der Waals surface area contributed by atoms with Crippen molar-refractivity contribution in [3.63, 3.8) is 0 Å². The quantitative estimate of drug-likeness (QED) is 0.383. The zero-order chi connectivity index (χ0) is 26.1. The van der Waals surface area contributed by atoms with Gasteiger partial charge in [0.2, 0.25) is 11.9 Å². The number of hydrogen-bond donors (Lipinski definition) is 2. The molecule has 6 rings (SSSR count). The van der Waals surface area contributed by atoms with E-state index in [1.807, 2.05) is 27.7 Å². The van der Waals surface area contributed by atoms with E-state index >= 15 is 0 Å². The normalized spacial score (nSPS) is 17.1. The second-order valence-electron chi connectivity index (χ2n) is 10.4. The molecule has 0 amide bonds. The third-order valence-corrected chi connectivity index (χ3v) is 7.45. The van der Waals surface area contributed by atoms with Crippen LogP contribution in [0.5, 0.6) is 0 Å². The maximum atomic E-state index is 6.15. The first kappa shape index (κ1) is 24.6. The maximum absolute atomic E-state index is 6.15. The number of benzene rings is 1. The zero-order valence-corrected chi connectivity index (χ0v) is 22.1. The van der Waals surface area contributed by atoms with Gasteiger partial charge in [-0.15, -0.1) is 0 Å². The van der Waals surface area contributed by atoms with Gasteiger partial charge >= 0.3 is 0 Å². The molecule has 0 radical (unpaired) electrons. The predicted molar refractivity (Wildman–Crippen MR) is 148 cm³/mol. The fraction of sp³-hybridized carbons (Fsp3) is 0.481. The lowest BCUT2D eigenvalue weighted by molar-refractivity contribution is 0.122. The molecule has 3 N–H and O–H groups in total. The number of nitrogens with zero attached hydrogens (tertiary/aromatic N) is 8. The average Bonchev–Trinajstić information content (AvgIpc) is 3.61. The molecule has 2 aliphatic rings. The number of aromatic nitrogens is 6. The van der Waals surface area contributed by atoms with Crippen molar-refractivity contribution in [2.45, 2.75) is 45.2 Å². The lowest BCUT2D eigenvalue weighted by Gasteiger charge is -2.30. The van der Waals surface area contributed by atoms with Gasteiger partial charge in [0.15, 0.2) is 5.65 Å². The molecular weight excluding hydrogens is 480 g/mol. The Morgan fingerprint density at radius 1 is 1.00 bits per heavy atom. The second-order valence-corrected chi connectivity index (χ2v) is 10.4. The highest BCUT2D eigenvalue weighted by atomic mass is 16.5. The summed E-state index contributed by atoms with van der Waals surface area (Å²) in [5.41, 5.74) is 11.3. The lowest BCUT2D eigenvalue weighted by atomic mass is 10.1. The van der Waals surface area contributed by atoms with Crippen molar-refractivity contribution in [1.82, 2.24) is 29.4 Å². The molecule has 5 heterocycles. The highest BCUT2D eigenvalue weighted by molar-refractivity contribution is 5.57. The molecule has 2 fully saturated rings. The van der Waals surface area contributed by atoms with Crippen LogP contribution in [-0.4, -0.2) is 74.8 Å². The van der Waals surface area contributed by atoms with Crippen molar-refractivity contribution < 1.29 is 4.74 Å². The average molecular weight is 517 g/mol. The molecular formula is C27H36N10O. The SMILES string of the molecule is CC(C)c1cnn2c(NCc3ccccc3-n3cc(N4CCOCC4)cn3)nc(N3CCC(N)CC3)nc12. The van der Waals surface area contributed by atoms with E-state index in [0.717, 1.165) is 86.3 Å². The van der Waals surface area contributed by atoms with Gasteiger partial charge in [-0.25, -0.2) is 4.68 Å². The minimum absolute atomic E-state index is 0.247.